The zero-order valence-corrected chi connectivity index (χ0v) is 18.5. The van der Waals surface area contributed by atoms with Gasteiger partial charge in [0.25, 0.3) is 0 Å². The van der Waals surface area contributed by atoms with Crippen molar-refractivity contribution in [1.82, 2.24) is 5.32 Å². The summed E-state index contributed by atoms with van der Waals surface area (Å²) in [6, 6.07) is 9.00. The number of benzene rings is 2. The number of carbonyl (C=O) groups excluding carboxylic acids is 1. The summed E-state index contributed by atoms with van der Waals surface area (Å²) in [6.45, 7) is 3.41. The summed E-state index contributed by atoms with van der Waals surface area (Å²) in [6.07, 6.45) is 1.10. The molecule has 0 aliphatic rings. The highest BCUT2D eigenvalue weighted by Gasteiger charge is 2.34. The average Bonchev–Trinajstić information content (AvgIpc) is 2.71. The molecule has 30 heavy (non-hydrogen) atoms. The van der Waals surface area contributed by atoms with Crippen LogP contribution in [0, 0.1) is 5.82 Å². The van der Waals surface area contributed by atoms with Crippen LogP contribution in [0.4, 0.5) is 10.1 Å². The van der Waals surface area contributed by atoms with E-state index in [-0.39, 0.29) is 12.1 Å². The lowest BCUT2D eigenvalue weighted by Gasteiger charge is -2.31. The van der Waals surface area contributed by atoms with Crippen molar-refractivity contribution in [3.63, 3.8) is 0 Å². The fourth-order valence-corrected chi connectivity index (χ4v) is 4.44. The molecule has 0 aliphatic carbocycles. The maximum atomic E-state index is 14.4. The smallest absolute Gasteiger partial charge is 0.244 e. The first-order valence-corrected chi connectivity index (χ1v) is 11.2. The Balaban J connectivity index is 2.38. The monoisotopic (exact) mass is 438 g/mol. The maximum Gasteiger partial charge on any atom is 0.244 e. The topological polar surface area (TPSA) is 84.9 Å². The van der Waals surface area contributed by atoms with Gasteiger partial charge in [0.15, 0.2) is 0 Å². The molecule has 9 heteroatoms. The SMILES string of the molecule is CCC(C(=O)NC(C)c1cc(OC)ccc1OC)N(c1ccccc1F)S(C)(=O)=O. The highest BCUT2D eigenvalue weighted by Crippen LogP contribution is 2.30. The van der Waals surface area contributed by atoms with Crippen molar-refractivity contribution in [2.45, 2.75) is 32.4 Å². The fourth-order valence-electron chi connectivity index (χ4n) is 3.23. The van der Waals surface area contributed by atoms with Crippen LogP contribution in [0.1, 0.15) is 31.9 Å². The predicted molar refractivity (Wildman–Crippen MR) is 114 cm³/mol. The number of halogens is 1. The number of nitrogens with one attached hydrogen (secondary N) is 1. The lowest BCUT2D eigenvalue weighted by atomic mass is 10.1. The maximum absolute atomic E-state index is 14.4. The van der Waals surface area contributed by atoms with Crippen LogP contribution in [0.5, 0.6) is 11.5 Å². The fraction of sp³-hybridized carbons (Fsp3) is 0.381. The Morgan fingerprint density at radius 3 is 2.37 bits per heavy atom. The van der Waals surface area contributed by atoms with Crippen LogP contribution in [-0.4, -0.2) is 40.8 Å². The van der Waals surface area contributed by atoms with Crippen LogP contribution in [-0.2, 0) is 14.8 Å². The molecule has 2 unspecified atom stereocenters. The lowest BCUT2D eigenvalue weighted by Crippen LogP contribution is -2.50. The third-order valence-electron chi connectivity index (χ3n) is 4.68. The van der Waals surface area contributed by atoms with E-state index in [4.69, 9.17) is 9.47 Å². The van der Waals surface area contributed by atoms with Crippen LogP contribution < -0.4 is 19.1 Å². The van der Waals surface area contributed by atoms with Gasteiger partial charge in [0.2, 0.25) is 15.9 Å². The summed E-state index contributed by atoms with van der Waals surface area (Å²) in [4.78, 5) is 13.1. The minimum atomic E-state index is -3.93. The molecule has 2 aromatic rings. The van der Waals surface area contributed by atoms with Gasteiger partial charge in [-0.2, -0.15) is 0 Å². The van der Waals surface area contributed by atoms with Gasteiger partial charge in [-0.1, -0.05) is 19.1 Å². The molecule has 0 aliphatic heterocycles. The molecule has 0 heterocycles. The Morgan fingerprint density at radius 1 is 1.17 bits per heavy atom. The first kappa shape index (κ1) is 23.5. The summed E-state index contributed by atoms with van der Waals surface area (Å²) in [5.74, 6) is -0.144. The summed E-state index contributed by atoms with van der Waals surface area (Å²) >= 11 is 0. The van der Waals surface area contributed by atoms with Gasteiger partial charge in [0.05, 0.1) is 32.2 Å². The minimum Gasteiger partial charge on any atom is -0.497 e. The average molecular weight is 439 g/mol. The lowest BCUT2D eigenvalue weighted by molar-refractivity contribution is -0.122. The van der Waals surface area contributed by atoms with Crippen molar-refractivity contribution in [3.8, 4) is 11.5 Å². The van der Waals surface area contributed by atoms with Crippen molar-refractivity contribution in [3.05, 3.63) is 53.8 Å². The van der Waals surface area contributed by atoms with Gasteiger partial charge in [0, 0.05) is 5.56 Å². The van der Waals surface area contributed by atoms with E-state index in [1.807, 2.05) is 0 Å². The molecular formula is C21H27FN2O5S. The Kier molecular flexibility index (Phi) is 7.66. The first-order chi connectivity index (χ1) is 14.1. The van der Waals surface area contributed by atoms with E-state index in [1.165, 1.54) is 32.4 Å². The van der Waals surface area contributed by atoms with Crippen LogP contribution >= 0.6 is 0 Å². The van der Waals surface area contributed by atoms with Gasteiger partial charge < -0.3 is 14.8 Å². The number of amides is 1. The van der Waals surface area contributed by atoms with E-state index < -0.39 is 33.8 Å². The normalized spacial score (nSPS) is 13.3. The van der Waals surface area contributed by atoms with Crippen LogP contribution in [0.15, 0.2) is 42.5 Å². The van der Waals surface area contributed by atoms with Gasteiger partial charge in [-0.15, -0.1) is 0 Å². The summed E-state index contributed by atoms with van der Waals surface area (Å²) < 4.78 is 50.7. The van der Waals surface area contributed by atoms with Crippen LogP contribution in [0.2, 0.25) is 0 Å². The van der Waals surface area contributed by atoms with E-state index >= 15 is 0 Å². The van der Waals surface area contributed by atoms with Crippen LogP contribution in [0.3, 0.4) is 0 Å². The number of hydrogen-bond donors (Lipinski definition) is 1. The largest absolute Gasteiger partial charge is 0.497 e. The Labute approximate surface area is 176 Å². The zero-order valence-electron chi connectivity index (χ0n) is 17.7. The van der Waals surface area contributed by atoms with E-state index in [0.717, 1.165) is 16.6 Å². The Morgan fingerprint density at radius 2 is 1.83 bits per heavy atom. The second-order valence-electron chi connectivity index (χ2n) is 6.77. The third kappa shape index (κ3) is 5.21. The second kappa shape index (κ2) is 9.80. The van der Waals surface area contributed by atoms with Gasteiger partial charge in [-0.3, -0.25) is 9.10 Å². The quantitative estimate of drug-likeness (QED) is 0.650. The molecule has 0 fully saturated rings. The van der Waals surface area contributed by atoms with Crippen molar-refractivity contribution in [2.75, 3.05) is 24.8 Å². The number of anilines is 1. The van der Waals surface area contributed by atoms with Crippen molar-refractivity contribution in [2.24, 2.45) is 0 Å². The highest BCUT2D eigenvalue weighted by molar-refractivity contribution is 7.92. The second-order valence-corrected chi connectivity index (χ2v) is 8.63. The van der Waals surface area contributed by atoms with Gasteiger partial charge in [-0.05, 0) is 43.7 Å². The molecule has 0 spiro atoms. The van der Waals surface area contributed by atoms with Gasteiger partial charge in [-0.25, -0.2) is 12.8 Å². The third-order valence-corrected chi connectivity index (χ3v) is 5.85. The standard InChI is InChI=1S/C21H27FN2O5S/c1-6-18(24(30(5,26)27)19-10-8-7-9-17(19)22)21(25)23-14(2)16-13-15(28-3)11-12-20(16)29-4/h7-14,18H,6H2,1-5H3,(H,23,25). The molecule has 7 nitrogen and oxygen atoms in total. The number of sulfonamides is 1. The molecule has 164 valence electrons. The molecule has 2 atom stereocenters. The van der Waals surface area contributed by atoms with Crippen molar-refractivity contribution >= 4 is 21.6 Å². The highest BCUT2D eigenvalue weighted by atomic mass is 32.2. The number of carbonyl (C=O) groups is 1. The van der Waals surface area contributed by atoms with E-state index in [9.17, 15) is 17.6 Å². The summed E-state index contributed by atoms with van der Waals surface area (Å²) in [5.41, 5.74) is 0.491. The molecule has 0 bridgehead atoms. The zero-order chi connectivity index (χ0) is 22.5. The molecule has 0 saturated carbocycles. The first-order valence-electron chi connectivity index (χ1n) is 9.40. The minimum absolute atomic E-state index is 0.148. The number of rotatable bonds is 9. The molecule has 0 aromatic heterocycles. The molecular weight excluding hydrogens is 411 g/mol. The number of nitrogens with zero attached hydrogens (tertiary/aromatic N) is 1. The molecule has 2 aromatic carbocycles. The molecule has 1 amide bonds. The molecule has 0 saturated heterocycles. The summed E-state index contributed by atoms with van der Waals surface area (Å²) in [5, 5.41) is 2.81. The molecule has 2 rings (SSSR count). The number of methoxy groups -OCH3 is 2. The van der Waals surface area contributed by atoms with Gasteiger partial charge >= 0.3 is 0 Å². The summed E-state index contributed by atoms with van der Waals surface area (Å²) in [7, 11) is -0.893. The van der Waals surface area contributed by atoms with E-state index in [1.54, 1.807) is 32.0 Å². The Hall–Kier alpha value is -2.81. The van der Waals surface area contributed by atoms with E-state index in [0.29, 0.717) is 17.1 Å². The van der Waals surface area contributed by atoms with E-state index in [2.05, 4.69) is 5.32 Å². The number of hydrogen-bond acceptors (Lipinski definition) is 5. The van der Waals surface area contributed by atoms with Gasteiger partial charge in [0.1, 0.15) is 23.4 Å². The number of ether oxygens (including phenoxy) is 2. The number of para-hydroxylation sites is 1. The Bertz CT molecular complexity index is 997. The predicted octanol–water partition coefficient (Wildman–Crippen LogP) is 3.26. The molecule has 0 radical (unpaired) electrons. The van der Waals surface area contributed by atoms with Crippen molar-refractivity contribution in [1.29, 1.82) is 0 Å². The van der Waals surface area contributed by atoms with Crippen molar-refractivity contribution < 1.29 is 27.1 Å². The molecule has 1 N–H and O–H groups in total. The van der Waals surface area contributed by atoms with Crippen LogP contribution in [0.25, 0.3) is 0 Å².